The first-order chi connectivity index (χ1) is 11.1. The molecule has 7 nitrogen and oxygen atoms in total. The van der Waals surface area contributed by atoms with Crippen LogP contribution in [0.2, 0.25) is 0 Å². The molecule has 0 unspecified atom stereocenters. The van der Waals surface area contributed by atoms with Crippen LogP contribution in [0.5, 0.6) is 5.75 Å². The van der Waals surface area contributed by atoms with Gasteiger partial charge in [0, 0.05) is 18.7 Å². The van der Waals surface area contributed by atoms with Gasteiger partial charge in [0.1, 0.15) is 11.4 Å². The van der Waals surface area contributed by atoms with Gasteiger partial charge in [0.05, 0.1) is 11.8 Å². The number of nitrogens with two attached hydrogens (primary N) is 1. The second kappa shape index (κ2) is 8.42. The minimum absolute atomic E-state index is 0.00547. The van der Waals surface area contributed by atoms with Gasteiger partial charge < -0.3 is 25.8 Å². The number of alkyl carbamates (subject to hydrolysis) is 1. The Morgan fingerprint density at radius 1 is 1.17 bits per heavy atom. The molecule has 0 spiro atoms. The molecule has 1 rings (SSSR count). The summed E-state index contributed by atoms with van der Waals surface area (Å²) in [6, 6.07) is 4.88. The van der Waals surface area contributed by atoms with Crippen LogP contribution in [-0.4, -0.2) is 36.8 Å². The zero-order chi connectivity index (χ0) is 18.3. The van der Waals surface area contributed by atoms with E-state index in [1.54, 1.807) is 39.0 Å². The lowest BCUT2D eigenvalue weighted by Gasteiger charge is -2.19. The summed E-state index contributed by atoms with van der Waals surface area (Å²) < 4.78 is 10.6. The minimum Gasteiger partial charge on any atom is -0.489 e. The van der Waals surface area contributed by atoms with Crippen LogP contribution in [-0.2, 0) is 4.74 Å². The SMILES string of the molecule is CC(C)Oc1ccc(C(=O)NCCNC(=O)OC(C)(C)C)cc1N. The molecule has 0 fully saturated rings. The summed E-state index contributed by atoms with van der Waals surface area (Å²) in [5.41, 5.74) is 6.17. The topological polar surface area (TPSA) is 103 Å². The van der Waals surface area contributed by atoms with Crippen molar-refractivity contribution in [1.82, 2.24) is 10.6 Å². The third-order valence-corrected chi connectivity index (χ3v) is 2.71. The van der Waals surface area contributed by atoms with Crippen LogP contribution in [0.4, 0.5) is 10.5 Å². The first kappa shape index (κ1) is 19.6. The number of hydrogen-bond acceptors (Lipinski definition) is 5. The Labute approximate surface area is 142 Å². The number of carbonyl (C=O) groups excluding carboxylic acids is 2. The lowest BCUT2D eigenvalue weighted by Crippen LogP contribution is -2.37. The number of anilines is 1. The van der Waals surface area contributed by atoms with Gasteiger partial charge in [-0.1, -0.05) is 0 Å². The van der Waals surface area contributed by atoms with Gasteiger partial charge in [-0.05, 0) is 52.8 Å². The molecule has 0 aliphatic rings. The van der Waals surface area contributed by atoms with Crippen LogP contribution >= 0.6 is 0 Å². The maximum Gasteiger partial charge on any atom is 0.407 e. The van der Waals surface area contributed by atoms with Gasteiger partial charge in [0.15, 0.2) is 0 Å². The smallest absolute Gasteiger partial charge is 0.407 e. The molecule has 0 atom stereocenters. The van der Waals surface area contributed by atoms with Crippen molar-refractivity contribution < 1.29 is 19.1 Å². The molecule has 4 N–H and O–H groups in total. The monoisotopic (exact) mass is 337 g/mol. The van der Waals surface area contributed by atoms with Crippen LogP contribution in [0, 0.1) is 0 Å². The molecule has 1 aromatic carbocycles. The second-order valence-corrected chi connectivity index (χ2v) is 6.60. The summed E-state index contributed by atoms with van der Waals surface area (Å²) in [6.45, 7) is 9.70. The van der Waals surface area contributed by atoms with Gasteiger partial charge in [-0.25, -0.2) is 4.79 Å². The summed E-state index contributed by atoms with van der Waals surface area (Å²) in [6.07, 6.45) is -0.512. The van der Waals surface area contributed by atoms with Gasteiger partial charge in [0.2, 0.25) is 0 Å². The summed E-state index contributed by atoms with van der Waals surface area (Å²) in [4.78, 5) is 23.5. The number of rotatable bonds is 6. The number of amides is 2. The minimum atomic E-state index is -0.551. The average Bonchev–Trinajstić information content (AvgIpc) is 2.43. The highest BCUT2D eigenvalue weighted by molar-refractivity contribution is 5.95. The molecule has 0 radical (unpaired) electrons. The lowest BCUT2D eigenvalue weighted by atomic mass is 10.1. The van der Waals surface area contributed by atoms with E-state index in [0.29, 0.717) is 17.0 Å². The van der Waals surface area contributed by atoms with Gasteiger partial charge in [-0.3, -0.25) is 4.79 Å². The Morgan fingerprint density at radius 2 is 1.79 bits per heavy atom. The molecular weight excluding hydrogens is 310 g/mol. The quantitative estimate of drug-likeness (QED) is 0.546. The van der Waals surface area contributed by atoms with E-state index in [1.165, 1.54) is 0 Å². The number of ether oxygens (including phenoxy) is 2. The summed E-state index contributed by atoms with van der Waals surface area (Å²) in [5.74, 6) is 0.275. The predicted octanol–water partition coefficient (Wildman–Crippen LogP) is 2.31. The van der Waals surface area contributed by atoms with E-state index in [9.17, 15) is 9.59 Å². The number of benzene rings is 1. The van der Waals surface area contributed by atoms with Crippen LogP contribution in [0.1, 0.15) is 45.0 Å². The molecule has 2 amide bonds. The van der Waals surface area contributed by atoms with E-state index >= 15 is 0 Å². The fraction of sp³-hybridized carbons (Fsp3) is 0.529. The van der Waals surface area contributed by atoms with E-state index < -0.39 is 11.7 Å². The molecule has 0 aromatic heterocycles. The highest BCUT2D eigenvalue weighted by Crippen LogP contribution is 2.23. The van der Waals surface area contributed by atoms with Crippen LogP contribution in [0.3, 0.4) is 0 Å². The molecular formula is C17H27N3O4. The van der Waals surface area contributed by atoms with Crippen molar-refractivity contribution in [3.8, 4) is 5.75 Å². The largest absolute Gasteiger partial charge is 0.489 e. The van der Waals surface area contributed by atoms with E-state index in [0.717, 1.165) is 0 Å². The maximum absolute atomic E-state index is 12.1. The van der Waals surface area contributed by atoms with E-state index in [1.807, 2.05) is 13.8 Å². The Balaban J connectivity index is 2.43. The molecule has 0 heterocycles. The highest BCUT2D eigenvalue weighted by Gasteiger charge is 2.15. The number of nitrogen functional groups attached to an aromatic ring is 1. The summed E-state index contributed by atoms with van der Waals surface area (Å²) in [5, 5.41) is 5.27. The maximum atomic E-state index is 12.1. The van der Waals surface area contributed by atoms with Gasteiger partial charge in [0.25, 0.3) is 5.91 Å². The first-order valence-electron chi connectivity index (χ1n) is 7.89. The van der Waals surface area contributed by atoms with Crippen molar-refractivity contribution in [3.05, 3.63) is 23.8 Å². The summed E-state index contributed by atoms with van der Waals surface area (Å²) in [7, 11) is 0. The van der Waals surface area contributed by atoms with Crippen LogP contribution < -0.4 is 21.1 Å². The van der Waals surface area contributed by atoms with Crippen molar-refractivity contribution >= 4 is 17.7 Å². The molecule has 0 saturated heterocycles. The molecule has 0 bridgehead atoms. The normalized spacial score (nSPS) is 11.1. The molecule has 7 heteroatoms. The third-order valence-electron chi connectivity index (χ3n) is 2.71. The van der Waals surface area contributed by atoms with Gasteiger partial charge >= 0.3 is 6.09 Å². The van der Waals surface area contributed by atoms with E-state index in [2.05, 4.69) is 10.6 Å². The summed E-state index contributed by atoms with van der Waals surface area (Å²) >= 11 is 0. The molecule has 0 aliphatic heterocycles. The Morgan fingerprint density at radius 3 is 2.33 bits per heavy atom. The number of carbonyl (C=O) groups is 2. The van der Waals surface area contributed by atoms with Crippen molar-refractivity contribution in [3.63, 3.8) is 0 Å². The molecule has 0 saturated carbocycles. The van der Waals surface area contributed by atoms with Crippen molar-refractivity contribution in [2.75, 3.05) is 18.8 Å². The highest BCUT2D eigenvalue weighted by atomic mass is 16.6. The second-order valence-electron chi connectivity index (χ2n) is 6.60. The Kier molecular flexibility index (Phi) is 6.88. The molecule has 24 heavy (non-hydrogen) atoms. The fourth-order valence-corrected chi connectivity index (χ4v) is 1.81. The van der Waals surface area contributed by atoms with E-state index in [4.69, 9.17) is 15.2 Å². The van der Waals surface area contributed by atoms with Crippen LogP contribution in [0.15, 0.2) is 18.2 Å². The van der Waals surface area contributed by atoms with Gasteiger partial charge in [-0.2, -0.15) is 0 Å². The average molecular weight is 337 g/mol. The van der Waals surface area contributed by atoms with Crippen LogP contribution in [0.25, 0.3) is 0 Å². The van der Waals surface area contributed by atoms with Gasteiger partial charge in [-0.15, -0.1) is 0 Å². The molecule has 1 aromatic rings. The standard InChI is InChI=1S/C17H27N3O4/c1-11(2)23-14-7-6-12(10-13(14)18)15(21)19-8-9-20-16(22)24-17(3,4)5/h6-7,10-11H,8-9,18H2,1-5H3,(H,19,21)(H,20,22). The lowest BCUT2D eigenvalue weighted by molar-refractivity contribution is 0.0526. The Bertz CT molecular complexity index is 580. The predicted molar refractivity (Wildman–Crippen MR) is 93.2 cm³/mol. The number of hydrogen-bond donors (Lipinski definition) is 3. The van der Waals surface area contributed by atoms with Crippen molar-refractivity contribution in [1.29, 1.82) is 0 Å². The third kappa shape index (κ3) is 7.21. The first-order valence-corrected chi connectivity index (χ1v) is 7.89. The molecule has 134 valence electrons. The zero-order valence-corrected chi connectivity index (χ0v) is 14.9. The van der Waals surface area contributed by atoms with E-state index in [-0.39, 0.29) is 25.1 Å². The Hall–Kier alpha value is -2.44. The van der Waals surface area contributed by atoms with Crippen molar-refractivity contribution in [2.24, 2.45) is 0 Å². The molecule has 0 aliphatic carbocycles. The zero-order valence-electron chi connectivity index (χ0n) is 14.9. The van der Waals surface area contributed by atoms with Crippen molar-refractivity contribution in [2.45, 2.75) is 46.3 Å². The number of nitrogens with one attached hydrogen (secondary N) is 2. The fourth-order valence-electron chi connectivity index (χ4n) is 1.81.